The lowest BCUT2D eigenvalue weighted by atomic mass is 10.3. The number of nitrogens with zero attached hydrogens (tertiary/aromatic N) is 5. The number of aromatic nitrogens is 5. The van der Waals surface area contributed by atoms with Crippen molar-refractivity contribution in [1.29, 1.82) is 0 Å². The summed E-state index contributed by atoms with van der Waals surface area (Å²) >= 11 is 0. The predicted octanol–water partition coefficient (Wildman–Crippen LogP) is 2.48. The molecule has 3 heterocycles. The van der Waals surface area contributed by atoms with Crippen LogP contribution in [0.4, 0.5) is 5.69 Å². The molecule has 0 amide bonds. The van der Waals surface area contributed by atoms with Gasteiger partial charge in [-0.3, -0.25) is 4.57 Å². The minimum absolute atomic E-state index is 0.667. The molecule has 106 valence electrons. The van der Waals surface area contributed by atoms with Gasteiger partial charge in [0.05, 0.1) is 11.9 Å². The van der Waals surface area contributed by atoms with Crippen molar-refractivity contribution < 1.29 is 0 Å². The Morgan fingerprint density at radius 1 is 1.33 bits per heavy atom. The minimum atomic E-state index is 0.667. The van der Waals surface area contributed by atoms with Crippen LogP contribution in [0.2, 0.25) is 0 Å². The largest absolute Gasteiger partial charge is 0.378 e. The van der Waals surface area contributed by atoms with Crippen molar-refractivity contribution in [2.24, 2.45) is 0 Å². The van der Waals surface area contributed by atoms with E-state index in [1.54, 1.807) is 23.3 Å². The van der Waals surface area contributed by atoms with Gasteiger partial charge in [-0.05, 0) is 19.1 Å². The molecular weight excluding hydrogens is 264 g/mol. The molecule has 3 aromatic heterocycles. The second kappa shape index (κ2) is 5.62. The third kappa shape index (κ3) is 2.69. The molecule has 0 radical (unpaired) electrons. The third-order valence-electron chi connectivity index (χ3n) is 3.17. The van der Waals surface area contributed by atoms with E-state index in [-0.39, 0.29) is 0 Å². The van der Waals surface area contributed by atoms with E-state index in [1.165, 1.54) is 0 Å². The molecule has 1 N–H and O–H groups in total. The maximum atomic E-state index is 4.44. The first kappa shape index (κ1) is 13.1. The average Bonchev–Trinajstić information content (AvgIpc) is 3.14. The Labute approximate surface area is 122 Å². The highest BCUT2D eigenvalue weighted by Gasteiger charge is 2.08. The summed E-state index contributed by atoms with van der Waals surface area (Å²) in [5, 5.41) is 7.54. The molecule has 0 aliphatic rings. The van der Waals surface area contributed by atoms with Crippen LogP contribution in [0, 0.1) is 6.92 Å². The van der Waals surface area contributed by atoms with Gasteiger partial charge in [0.1, 0.15) is 5.82 Å². The number of aryl methyl sites for hydroxylation is 1. The standard InChI is InChI=1S/C15H16N6/c1-3-20-11-13(10-19-20)9-18-14-5-4-6-17-15(14)21-8-7-16-12(21)2/h3-8,10-11,18H,1,9H2,2H3. The minimum Gasteiger partial charge on any atom is -0.378 e. The van der Waals surface area contributed by atoms with E-state index in [4.69, 9.17) is 0 Å². The molecule has 0 atom stereocenters. The number of nitrogens with one attached hydrogen (secondary N) is 1. The summed E-state index contributed by atoms with van der Waals surface area (Å²) in [6, 6.07) is 3.91. The SMILES string of the molecule is C=Cn1cc(CNc2cccnc2-n2ccnc2C)cn1. The summed E-state index contributed by atoms with van der Waals surface area (Å²) in [6.07, 6.45) is 10.8. The molecule has 0 bridgehead atoms. The van der Waals surface area contributed by atoms with Crippen LogP contribution in [-0.4, -0.2) is 24.3 Å². The second-order valence-corrected chi connectivity index (χ2v) is 4.58. The zero-order valence-corrected chi connectivity index (χ0v) is 11.8. The first-order chi connectivity index (χ1) is 10.3. The fourth-order valence-corrected chi connectivity index (χ4v) is 2.09. The number of anilines is 1. The average molecular weight is 280 g/mol. The Kier molecular flexibility index (Phi) is 3.51. The monoisotopic (exact) mass is 280 g/mol. The van der Waals surface area contributed by atoms with Crippen LogP contribution >= 0.6 is 0 Å². The third-order valence-corrected chi connectivity index (χ3v) is 3.17. The van der Waals surface area contributed by atoms with Crippen molar-refractivity contribution in [3.8, 4) is 5.82 Å². The quantitative estimate of drug-likeness (QED) is 0.780. The number of hydrogen-bond donors (Lipinski definition) is 1. The highest BCUT2D eigenvalue weighted by molar-refractivity contribution is 5.57. The molecule has 3 rings (SSSR count). The van der Waals surface area contributed by atoms with Gasteiger partial charge in [-0.2, -0.15) is 5.10 Å². The van der Waals surface area contributed by atoms with Gasteiger partial charge >= 0.3 is 0 Å². The van der Waals surface area contributed by atoms with Crippen molar-refractivity contribution >= 4 is 11.9 Å². The van der Waals surface area contributed by atoms with Gasteiger partial charge in [-0.1, -0.05) is 6.58 Å². The summed E-state index contributed by atoms with van der Waals surface area (Å²) in [5.41, 5.74) is 2.03. The molecule has 0 saturated heterocycles. The molecule has 0 spiro atoms. The Balaban J connectivity index is 1.83. The van der Waals surface area contributed by atoms with Gasteiger partial charge in [0, 0.05) is 43.1 Å². The summed E-state index contributed by atoms with van der Waals surface area (Å²) in [6.45, 7) is 6.30. The van der Waals surface area contributed by atoms with Gasteiger partial charge in [-0.25, -0.2) is 14.6 Å². The molecule has 0 aliphatic carbocycles. The van der Waals surface area contributed by atoms with E-state index in [9.17, 15) is 0 Å². The van der Waals surface area contributed by atoms with E-state index < -0.39 is 0 Å². The Morgan fingerprint density at radius 3 is 2.95 bits per heavy atom. The lowest BCUT2D eigenvalue weighted by molar-refractivity contribution is 0.928. The molecule has 0 saturated carbocycles. The van der Waals surface area contributed by atoms with E-state index in [1.807, 2.05) is 42.2 Å². The van der Waals surface area contributed by atoms with Gasteiger partial charge in [0.25, 0.3) is 0 Å². The smallest absolute Gasteiger partial charge is 0.161 e. The lowest BCUT2D eigenvalue weighted by Gasteiger charge is -2.11. The summed E-state index contributed by atoms with van der Waals surface area (Å²) in [4.78, 5) is 8.68. The summed E-state index contributed by atoms with van der Waals surface area (Å²) in [7, 11) is 0. The summed E-state index contributed by atoms with van der Waals surface area (Å²) in [5.74, 6) is 1.74. The number of hydrogen-bond acceptors (Lipinski definition) is 4. The lowest BCUT2D eigenvalue weighted by Crippen LogP contribution is -2.06. The molecule has 0 fully saturated rings. The van der Waals surface area contributed by atoms with Crippen LogP contribution in [0.25, 0.3) is 12.0 Å². The van der Waals surface area contributed by atoms with E-state index in [0.717, 1.165) is 22.9 Å². The molecule has 0 aliphatic heterocycles. The fourth-order valence-electron chi connectivity index (χ4n) is 2.09. The van der Waals surface area contributed by atoms with Crippen molar-refractivity contribution in [3.05, 3.63) is 61.1 Å². The van der Waals surface area contributed by atoms with Crippen LogP contribution in [0.1, 0.15) is 11.4 Å². The molecule has 3 aromatic rings. The Morgan fingerprint density at radius 2 is 2.24 bits per heavy atom. The normalized spacial score (nSPS) is 10.5. The molecular formula is C15H16N6. The first-order valence-corrected chi connectivity index (χ1v) is 6.63. The zero-order valence-electron chi connectivity index (χ0n) is 11.8. The van der Waals surface area contributed by atoms with Crippen LogP contribution < -0.4 is 5.32 Å². The van der Waals surface area contributed by atoms with E-state index in [2.05, 4.69) is 27.0 Å². The van der Waals surface area contributed by atoms with Crippen LogP contribution in [0.3, 0.4) is 0 Å². The number of imidazole rings is 1. The maximum Gasteiger partial charge on any atom is 0.161 e. The fraction of sp³-hybridized carbons (Fsp3) is 0.133. The molecule has 21 heavy (non-hydrogen) atoms. The molecule has 6 heteroatoms. The highest BCUT2D eigenvalue weighted by Crippen LogP contribution is 2.19. The number of rotatable bonds is 5. The molecule has 6 nitrogen and oxygen atoms in total. The van der Waals surface area contributed by atoms with Gasteiger partial charge in [0.2, 0.25) is 0 Å². The summed E-state index contributed by atoms with van der Waals surface area (Å²) < 4.78 is 3.64. The second-order valence-electron chi connectivity index (χ2n) is 4.58. The van der Waals surface area contributed by atoms with Crippen molar-refractivity contribution in [2.45, 2.75) is 13.5 Å². The van der Waals surface area contributed by atoms with Crippen LogP contribution in [0.5, 0.6) is 0 Å². The van der Waals surface area contributed by atoms with E-state index >= 15 is 0 Å². The van der Waals surface area contributed by atoms with Crippen molar-refractivity contribution in [3.63, 3.8) is 0 Å². The molecule has 0 unspecified atom stereocenters. The van der Waals surface area contributed by atoms with Gasteiger partial charge in [0.15, 0.2) is 5.82 Å². The predicted molar refractivity (Wildman–Crippen MR) is 82.0 cm³/mol. The van der Waals surface area contributed by atoms with Gasteiger partial charge < -0.3 is 5.32 Å². The zero-order chi connectivity index (χ0) is 14.7. The van der Waals surface area contributed by atoms with Crippen LogP contribution in [-0.2, 0) is 6.54 Å². The Hall–Kier alpha value is -2.89. The van der Waals surface area contributed by atoms with Crippen LogP contribution in [0.15, 0.2) is 49.7 Å². The van der Waals surface area contributed by atoms with Gasteiger partial charge in [-0.15, -0.1) is 0 Å². The van der Waals surface area contributed by atoms with E-state index in [0.29, 0.717) is 6.54 Å². The number of pyridine rings is 1. The first-order valence-electron chi connectivity index (χ1n) is 6.63. The topological polar surface area (TPSA) is 60.6 Å². The van der Waals surface area contributed by atoms with Crippen molar-refractivity contribution in [1.82, 2.24) is 24.3 Å². The highest BCUT2D eigenvalue weighted by atomic mass is 15.2. The Bertz CT molecular complexity index is 755. The molecule has 0 aromatic carbocycles. The van der Waals surface area contributed by atoms with Crippen molar-refractivity contribution in [2.75, 3.05) is 5.32 Å². The maximum absolute atomic E-state index is 4.44.